The summed E-state index contributed by atoms with van der Waals surface area (Å²) >= 11 is 7.99. The van der Waals surface area contributed by atoms with E-state index in [1.165, 1.54) is 12.1 Å². The number of H-pyrrole nitrogens is 1. The van der Waals surface area contributed by atoms with Crippen molar-refractivity contribution in [3.8, 4) is 0 Å². The van der Waals surface area contributed by atoms with Gasteiger partial charge in [-0.15, -0.1) is 0 Å². The standard InChI is InChI=1S/C14H13ClFIN2O/c1-7(2)13-12(17)14(20)19-11(18-13)5-8-3-4-9(16)6-10(8)15/h3-4,6-7H,5H2,1-2H3,(H,18,19,20). The quantitative estimate of drug-likeness (QED) is 0.786. The van der Waals surface area contributed by atoms with Gasteiger partial charge in [-0.25, -0.2) is 9.37 Å². The van der Waals surface area contributed by atoms with Gasteiger partial charge in [0.25, 0.3) is 5.56 Å². The van der Waals surface area contributed by atoms with Crippen molar-refractivity contribution in [2.24, 2.45) is 0 Å². The molecule has 1 heterocycles. The van der Waals surface area contributed by atoms with E-state index < -0.39 is 0 Å². The second kappa shape index (κ2) is 6.22. The number of halogens is 3. The van der Waals surface area contributed by atoms with Crippen LogP contribution >= 0.6 is 34.2 Å². The third-order valence-electron chi connectivity index (χ3n) is 2.86. The molecule has 0 aliphatic rings. The molecule has 0 radical (unpaired) electrons. The van der Waals surface area contributed by atoms with Crippen LogP contribution in [-0.4, -0.2) is 9.97 Å². The molecular formula is C14H13ClFIN2O. The Morgan fingerprint density at radius 3 is 2.75 bits per heavy atom. The summed E-state index contributed by atoms with van der Waals surface area (Å²) < 4.78 is 13.6. The molecule has 106 valence electrons. The lowest BCUT2D eigenvalue weighted by molar-refractivity contribution is 0.627. The average molecular weight is 407 g/mol. The zero-order chi connectivity index (χ0) is 14.9. The highest BCUT2D eigenvalue weighted by molar-refractivity contribution is 14.1. The SMILES string of the molecule is CC(C)c1nc(Cc2ccc(F)cc2Cl)[nH]c(=O)c1I. The summed E-state index contributed by atoms with van der Waals surface area (Å²) in [6.45, 7) is 3.97. The Hall–Kier alpha value is -0.950. The second-order valence-electron chi connectivity index (χ2n) is 4.78. The van der Waals surface area contributed by atoms with Crippen LogP contribution in [-0.2, 0) is 6.42 Å². The van der Waals surface area contributed by atoms with Gasteiger partial charge in [-0.1, -0.05) is 31.5 Å². The van der Waals surface area contributed by atoms with E-state index in [2.05, 4.69) is 9.97 Å². The normalized spacial score (nSPS) is 11.1. The third kappa shape index (κ3) is 3.38. The van der Waals surface area contributed by atoms with Gasteiger partial charge in [0.2, 0.25) is 0 Å². The van der Waals surface area contributed by atoms with Gasteiger partial charge in [0.1, 0.15) is 11.6 Å². The van der Waals surface area contributed by atoms with Crippen LogP contribution in [0.3, 0.4) is 0 Å². The summed E-state index contributed by atoms with van der Waals surface area (Å²) in [5.74, 6) is 0.310. The zero-order valence-corrected chi connectivity index (χ0v) is 13.9. The van der Waals surface area contributed by atoms with E-state index in [1.54, 1.807) is 6.07 Å². The van der Waals surface area contributed by atoms with Crippen LogP contribution in [0, 0.1) is 9.39 Å². The molecule has 2 aromatic rings. The van der Waals surface area contributed by atoms with Crippen molar-refractivity contribution in [3.63, 3.8) is 0 Å². The summed E-state index contributed by atoms with van der Waals surface area (Å²) in [6.07, 6.45) is 0.366. The minimum Gasteiger partial charge on any atom is -0.309 e. The Morgan fingerprint density at radius 2 is 2.15 bits per heavy atom. The monoisotopic (exact) mass is 406 g/mol. The number of hydrogen-bond donors (Lipinski definition) is 1. The Morgan fingerprint density at radius 1 is 1.45 bits per heavy atom. The molecule has 1 aromatic carbocycles. The predicted octanol–water partition coefficient (Wildman–Crippen LogP) is 3.88. The zero-order valence-electron chi connectivity index (χ0n) is 11.0. The number of aromatic nitrogens is 2. The molecule has 0 fully saturated rings. The molecule has 0 aliphatic carbocycles. The number of hydrogen-bond acceptors (Lipinski definition) is 2. The fourth-order valence-corrected chi connectivity index (χ4v) is 2.95. The highest BCUT2D eigenvalue weighted by atomic mass is 127. The van der Waals surface area contributed by atoms with Gasteiger partial charge in [0.15, 0.2) is 0 Å². The van der Waals surface area contributed by atoms with E-state index in [0.717, 1.165) is 11.3 Å². The largest absolute Gasteiger partial charge is 0.309 e. The van der Waals surface area contributed by atoms with Crippen LogP contribution in [0.5, 0.6) is 0 Å². The van der Waals surface area contributed by atoms with E-state index >= 15 is 0 Å². The molecule has 0 bridgehead atoms. The third-order valence-corrected chi connectivity index (χ3v) is 4.25. The van der Waals surface area contributed by atoms with E-state index in [-0.39, 0.29) is 17.3 Å². The average Bonchev–Trinajstić information content (AvgIpc) is 2.36. The Bertz CT molecular complexity index is 700. The topological polar surface area (TPSA) is 45.8 Å². The summed E-state index contributed by atoms with van der Waals surface area (Å²) in [5, 5.41) is 0.331. The molecule has 2 rings (SSSR count). The van der Waals surface area contributed by atoms with Crippen LogP contribution in [0.15, 0.2) is 23.0 Å². The van der Waals surface area contributed by atoms with Crippen molar-refractivity contribution in [2.75, 3.05) is 0 Å². The summed E-state index contributed by atoms with van der Waals surface area (Å²) in [5.41, 5.74) is 1.34. The van der Waals surface area contributed by atoms with Gasteiger partial charge >= 0.3 is 0 Å². The van der Waals surface area contributed by atoms with E-state index in [1.807, 2.05) is 36.4 Å². The van der Waals surface area contributed by atoms with Crippen LogP contribution < -0.4 is 5.56 Å². The maximum Gasteiger partial charge on any atom is 0.264 e. The number of benzene rings is 1. The van der Waals surface area contributed by atoms with Crippen molar-refractivity contribution < 1.29 is 4.39 Å². The van der Waals surface area contributed by atoms with Crippen molar-refractivity contribution in [1.29, 1.82) is 0 Å². The van der Waals surface area contributed by atoms with Crippen molar-refractivity contribution >= 4 is 34.2 Å². The smallest absolute Gasteiger partial charge is 0.264 e. The van der Waals surface area contributed by atoms with E-state index in [4.69, 9.17) is 11.6 Å². The molecule has 1 N–H and O–H groups in total. The highest BCUT2D eigenvalue weighted by Crippen LogP contribution is 2.21. The predicted molar refractivity (Wildman–Crippen MR) is 85.9 cm³/mol. The van der Waals surface area contributed by atoms with Crippen LogP contribution in [0.25, 0.3) is 0 Å². The van der Waals surface area contributed by atoms with Gasteiger partial charge < -0.3 is 4.98 Å². The first-order valence-electron chi connectivity index (χ1n) is 6.11. The fraction of sp³-hybridized carbons (Fsp3) is 0.286. The number of nitrogens with one attached hydrogen (secondary N) is 1. The van der Waals surface area contributed by atoms with Crippen molar-refractivity contribution in [2.45, 2.75) is 26.2 Å². The number of nitrogens with zero attached hydrogens (tertiary/aromatic N) is 1. The van der Waals surface area contributed by atoms with E-state index in [0.29, 0.717) is 20.8 Å². The first kappa shape index (κ1) is 15.4. The fourth-order valence-electron chi connectivity index (χ4n) is 1.84. The van der Waals surface area contributed by atoms with Crippen LogP contribution in [0.2, 0.25) is 5.02 Å². The molecule has 0 amide bonds. The summed E-state index contributed by atoms with van der Waals surface area (Å²) in [6, 6.07) is 4.20. The van der Waals surface area contributed by atoms with E-state index in [9.17, 15) is 9.18 Å². The first-order valence-corrected chi connectivity index (χ1v) is 7.56. The maximum absolute atomic E-state index is 13.0. The minimum atomic E-state index is -0.384. The van der Waals surface area contributed by atoms with Crippen molar-refractivity contribution in [3.05, 3.63) is 60.0 Å². The molecule has 0 atom stereocenters. The molecule has 1 aromatic heterocycles. The lowest BCUT2D eigenvalue weighted by atomic mass is 10.1. The Kier molecular flexibility index (Phi) is 4.80. The molecule has 3 nitrogen and oxygen atoms in total. The molecule has 20 heavy (non-hydrogen) atoms. The Labute approximate surface area is 134 Å². The molecule has 0 spiro atoms. The van der Waals surface area contributed by atoms with Crippen LogP contribution in [0.4, 0.5) is 4.39 Å². The van der Waals surface area contributed by atoms with Gasteiger partial charge in [-0.3, -0.25) is 4.79 Å². The minimum absolute atomic E-state index is 0.155. The van der Waals surface area contributed by atoms with Gasteiger partial charge in [-0.2, -0.15) is 0 Å². The first-order chi connectivity index (χ1) is 9.38. The van der Waals surface area contributed by atoms with Gasteiger partial charge in [0.05, 0.1) is 9.26 Å². The van der Waals surface area contributed by atoms with Gasteiger partial charge in [0, 0.05) is 11.4 Å². The molecule has 0 saturated carbocycles. The molecule has 0 unspecified atom stereocenters. The lowest BCUT2D eigenvalue weighted by Gasteiger charge is -2.10. The lowest BCUT2D eigenvalue weighted by Crippen LogP contribution is -2.19. The number of rotatable bonds is 3. The second-order valence-corrected chi connectivity index (χ2v) is 6.27. The molecule has 0 saturated heterocycles. The Balaban J connectivity index is 2.41. The van der Waals surface area contributed by atoms with Crippen molar-refractivity contribution in [1.82, 2.24) is 9.97 Å². The number of aromatic amines is 1. The summed E-state index contributed by atoms with van der Waals surface area (Å²) in [4.78, 5) is 19.1. The molecular weight excluding hydrogens is 394 g/mol. The molecule has 0 aliphatic heterocycles. The van der Waals surface area contributed by atoms with Crippen LogP contribution in [0.1, 0.15) is 36.8 Å². The maximum atomic E-state index is 13.0. The highest BCUT2D eigenvalue weighted by Gasteiger charge is 2.13. The van der Waals surface area contributed by atoms with Gasteiger partial charge in [-0.05, 0) is 46.2 Å². The summed E-state index contributed by atoms with van der Waals surface area (Å²) in [7, 11) is 0. The molecule has 6 heteroatoms.